The number of ether oxygens (including phenoxy) is 1. The number of anilines is 2. The van der Waals surface area contributed by atoms with E-state index in [9.17, 15) is 0 Å². The Labute approximate surface area is 194 Å². The maximum atomic E-state index is 5.62. The zero-order valence-corrected chi connectivity index (χ0v) is 18.4. The lowest BCUT2D eigenvalue weighted by molar-refractivity contribution is 0.415. The van der Waals surface area contributed by atoms with Crippen molar-refractivity contribution in [1.29, 1.82) is 0 Å². The average molecular weight is 429 g/mol. The summed E-state index contributed by atoms with van der Waals surface area (Å²) in [6, 6.07) is 37.5. The lowest BCUT2D eigenvalue weighted by Gasteiger charge is -2.19. The zero-order chi connectivity index (χ0) is 22.5. The van der Waals surface area contributed by atoms with Crippen LogP contribution in [0, 0.1) is 0 Å². The van der Waals surface area contributed by atoms with E-state index in [1.807, 2.05) is 36.5 Å². The first-order valence-corrected chi connectivity index (χ1v) is 10.9. The van der Waals surface area contributed by atoms with Crippen LogP contribution >= 0.6 is 0 Å². The number of rotatable bonds is 6. The molecule has 5 aromatic rings. The topological polar surface area (TPSA) is 34.1 Å². The summed E-state index contributed by atoms with van der Waals surface area (Å²) < 4.78 is 5.62. The third-order valence-corrected chi connectivity index (χ3v) is 5.64. The van der Waals surface area contributed by atoms with E-state index >= 15 is 0 Å². The molecule has 0 saturated heterocycles. The summed E-state index contributed by atoms with van der Waals surface area (Å²) >= 11 is 0. The molecule has 0 radical (unpaired) electrons. The molecule has 0 aliphatic heterocycles. The van der Waals surface area contributed by atoms with Crippen molar-refractivity contribution in [3.05, 3.63) is 122 Å². The Hall–Kier alpha value is -4.37. The molecule has 0 amide bonds. The summed E-state index contributed by atoms with van der Waals surface area (Å²) in [5.74, 6) is 0.789. The van der Waals surface area contributed by atoms with Crippen LogP contribution in [-0.2, 0) is 0 Å². The smallest absolute Gasteiger partial charge is 0.121 e. The van der Waals surface area contributed by atoms with Gasteiger partial charge in [0, 0.05) is 40.8 Å². The highest BCUT2D eigenvalue weighted by Gasteiger charge is 2.13. The molecule has 160 valence electrons. The summed E-state index contributed by atoms with van der Waals surface area (Å²) in [4.78, 5) is 4.28. The Balaban J connectivity index is 1.66. The predicted molar refractivity (Wildman–Crippen MR) is 137 cm³/mol. The second-order valence-corrected chi connectivity index (χ2v) is 7.78. The fourth-order valence-electron chi connectivity index (χ4n) is 4.04. The Kier molecular flexibility index (Phi) is 5.85. The Morgan fingerprint density at radius 2 is 1.24 bits per heavy atom. The van der Waals surface area contributed by atoms with Crippen molar-refractivity contribution in [3.63, 3.8) is 0 Å². The van der Waals surface area contributed by atoms with E-state index in [1.54, 1.807) is 13.3 Å². The van der Waals surface area contributed by atoms with Crippen LogP contribution in [0.15, 0.2) is 122 Å². The van der Waals surface area contributed by atoms with Gasteiger partial charge in [0.2, 0.25) is 0 Å². The van der Waals surface area contributed by atoms with Crippen molar-refractivity contribution in [2.24, 2.45) is 0 Å². The largest absolute Gasteiger partial charge is 0.497 e. The first-order valence-electron chi connectivity index (χ1n) is 10.9. The maximum absolute atomic E-state index is 5.62. The van der Waals surface area contributed by atoms with Gasteiger partial charge in [-0.3, -0.25) is 4.98 Å². The zero-order valence-electron chi connectivity index (χ0n) is 18.4. The van der Waals surface area contributed by atoms with Gasteiger partial charge in [0.15, 0.2) is 0 Å². The summed E-state index contributed by atoms with van der Waals surface area (Å²) in [6.45, 7) is 0. The molecule has 3 nitrogen and oxygen atoms in total. The highest BCUT2D eigenvalue weighted by atomic mass is 16.5. The number of benzene rings is 4. The number of hydrogen-bond acceptors (Lipinski definition) is 3. The summed E-state index contributed by atoms with van der Waals surface area (Å²) in [7, 11) is 1.69. The number of methoxy groups -OCH3 is 1. The lowest BCUT2D eigenvalue weighted by Crippen LogP contribution is -1.98. The van der Waals surface area contributed by atoms with Gasteiger partial charge in [0.05, 0.1) is 12.8 Å². The van der Waals surface area contributed by atoms with E-state index < -0.39 is 0 Å². The van der Waals surface area contributed by atoms with E-state index in [-0.39, 0.29) is 0 Å². The van der Waals surface area contributed by atoms with Crippen LogP contribution < -0.4 is 10.1 Å². The predicted octanol–water partition coefficient (Wildman–Crippen LogP) is 7.83. The molecule has 3 heteroatoms. The van der Waals surface area contributed by atoms with Gasteiger partial charge in [-0.25, -0.2) is 0 Å². The van der Waals surface area contributed by atoms with Crippen molar-refractivity contribution in [2.45, 2.75) is 0 Å². The van der Waals surface area contributed by atoms with Crippen LogP contribution in [0.3, 0.4) is 0 Å². The molecule has 33 heavy (non-hydrogen) atoms. The number of aromatic nitrogens is 1. The average Bonchev–Trinajstić information content (AvgIpc) is 2.90. The number of nitrogens with one attached hydrogen (secondary N) is 1. The molecule has 0 spiro atoms. The van der Waals surface area contributed by atoms with Crippen molar-refractivity contribution in [2.75, 3.05) is 12.4 Å². The first-order chi connectivity index (χ1) is 16.3. The number of hydrogen-bond donors (Lipinski definition) is 1. The molecule has 4 aromatic carbocycles. The Bertz CT molecular complexity index is 1290. The van der Waals surface area contributed by atoms with E-state index in [1.165, 1.54) is 0 Å². The van der Waals surface area contributed by atoms with Crippen molar-refractivity contribution in [3.8, 4) is 39.1 Å². The Morgan fingerprint density at radius 1 is 0.606 bits per heavy atom. The van der Waals surface area contributed by atoms with Gasteiger partial charge in [0.1, 0.15) is 5.75 Å². The number of pyridine rings is 1. The van der Waals surface area contributed by atoms with Crippen molar-refractivity contribution >= 4 is 11.4 Å². The minimum atomic E-state index is 0.789. The fourth-order valence-corrected chi connectivity index (χ4v) is 4.04. The van der Waals surface area contributed by atoms with Crippen LogP contribution in [0.1, 0.15) is 0 Å². The quantitative estimate of drug-likeness (QED) is 0.299. The lowest BCUT2D eigenvalue weighted by atomic mass is 9.95. The van der Waals surface area contributed by atoms with Crippen LogP contribution in [0.5, 0.6) is 5.75 Å². The van der Waals surface area contributed by atoms with E-state index in [0.717, 1.165) is 50.5 Å². The van der Waals surface area contributed by atoms with Gasteiger partial charge in [0.25, 0.3) is 0 Å². The second kappa shape index (κ2) is 9.41. The molecule has 0 saturated carbocycles. The number of nitrogens with zero attached hydrogens (tertiary/aromatic N) is 1. The van der Waals surface area contributed by atoms with Crippen LogP contribution in [0.25, 0.3) is 33.4 Å². The van der Waals surface area contributed by atoms with Crippen LogP contribution in [-0.4, -0.2) is 12.1 Å². The van der Waals surface area contributed by atoms with Crippen LogP contribution in [0.4, 0.5) is 11.4 Å². The van der Waals surface area contributed by atoms with Gasteiger partial charge in [-0.1, -0.05) is 84.9 Å². The molecule has 0 aliphatic rings. The second-order valence-electron chi connectivity index (χ2n) is 7.78. The molecule has 0 fully saturated rings. The maximum Gasteiger partial charge on any atom is 0.121 e. The molecule has 1 aromatic heterocycles. The molecule has 5 rings (SSSR count). The highest BCUT2D eigenvalue weighted by molar-refractivity contribution is 5.93. The monoisotopic (exact) mass is 428 g/mol. The van der Waals surface area contributed by atoms with E-state index in [2.05, 4.69) is 89.2 Å². The highest BCUT2D eigenvalue weighted by Crippen LogP contribution is 2.40. The molecule has 1 heterocycles. The molecular weight excluding hydrogens is 404 g/mol. The third kappa shape index (κ3) is 4.48. The standard InChI is InChI=1S/C30H24N2O/c1-33-27-19-25(24-14-9-17-31-21-24)18-26(20-27)32-30-28(22-10-4-2-5-11-22)15-8-16-29(30)23-12-6-3-7-13-23/h2-21,32H,1H3. The number of para-hydroxylation sites is 1. The molecule has 0 unspecified atom stereocenters. The SMILES string of the molecule is COc1cc(Nc2c(-c3ccccc3)cccc2-c2ccccc2)cc(-c2cccnc2)c1. The third-order valence-electron chi connectivity index (χ3n) is 5.64. The minimum absolute atomic E-state index is 0.789. The Morgan fingerprint density at radius 3 is 1.82 bits per heavy atom. The summed E-state index contributed by atoms with van der Waals surface area (Å²) in [5.41, 5.74) is 8.70. The van der Waals surface area contributed by atoms with Crippen molar-refractivity contribution in [1.82, 2.24) is 4.98 Å². The van der Waals surface area contributed by atoms with Gasteiger partial charge < -0.3 is 10.1 Å². The first kappa shape index (κ1) is 20.5. The van der Waals surface area contributed by atoms with Gasteiger partial charge in [-0.05, 0) is 34.9 Å². The minimum Gasteiger partial charge on any atom is -0.497 e. The van der Waals surface area contributed by atoms with Gasteiger partial charge in [-0.2, -0.15) is 0 Å². The molecule has 1 N–H and O–H groups in total. The van der Waals surface area contributed by atoms with Gasteiger partial charge in [-0.15, -0.1) is 0 Å². The van der Waals surface area contributed by atoms with Gasteiger partial charge >= 0.3 is 0 Å². The van der Waals surface area contributed by atoms with Crippen molar-refractivity contribution < 1.29 is 4.74 Å². The molecule has 0 aliphatic carbocycles. The van der Waals surface area contributed by atoms with E-state index in [0.29, 0.717) is 0 Å². The molecule has 0 atom stereocenters. The molecule has 0 bridgehead atoms. The fraction of sp³-hybridized carbons (Fsp3) is 0.0333. The van der Waals surface area contributed by atoms with E-state index in [4.69, 9.17) is 4.74 Å². The summed E-state index contributed by atoms with van der Waals surface area (Å²) in [6.07, 6.45) is 3.65. The molecular formula is C30H24N2O. The summed E-state index contributed by atoms with van der Waals surface area (Å²) in [5, 5.41) is 3.72. The normalized spacial score (nSPS) is 10.6. The van der Waals surface area contributed by atoms with Crippen LogP contribution in [0.2, 0.25) is 0 Å².